The van der Waals surface area contributed by atoms with Crippen molar-refractivity contribution in [2.45, 2.75) is 32.5 Å². The summed E-state index contributed by atoms with van der Waals surface area (Å²) in [5.74, 6) is -4.71. The summed E-state index contributed by atoms with van der Waals surface area (Å²) in [6, 6.07) is 5.85. The van der Waals surface area contributed by atoms with E-state index in [4.69, 9.17) is 5.73 Å². The molecule has 0 saturated heterocycles. The van der Waals surface area contributed by atoms with Gasteiger partial charge >= 0.3 is 0 Å². The molecule has 0 radical (unpaired) electrons. The number of benzene rings is 1. The van der Waals surface area contributed by atoms with E-state index in [-0.39, 0.29) is 22.3 Å². The Balaban J connectivity index is 0.000000896. The Bertz CT molecular complexity index is 962. The molecule has 34 heavy (non-hydrogen) atoms. The zero-order valence-electron chi connectivity index (χ0n) is 19.3. The molecule has 0 fully saturated rings. The van der Waals surface area contributed by atoms with Gasteiger partial charge in [-0.1, -0.05) is 31.9 Å². The van der Waals surface area contributed by atoms with Crippen LogP contribution in [-0.4, -0.2) is 68.7 Å². The van der Waals surface area contributed by atoms with Crippen molar-refractivity contribution < 1.29 is 44.7 Å². The van der Waals surface area contributed by atoms with E-state index in [1.54, 1.807) is 0 Å². The molecule has 0 aromatic heterocycles. The first-order valence-electron chi connectivity index (χ1n) is 9.84. The quantitative estimate of drug-likeness (QED) is 0.152. The smallest absolute Gasteiger partial charge is 0.202 e. The molecule has 0 heterocycles. The topological polar surface area (TPSA) is 198 Å². The number of hydrogen-bond acceptors (Lipinski definition) is 10. The van der Waals surface area contributed by atoms with E-state index in [0.717, 1.165) is 0 Å². The van der Waals surface area contributed by atoms with Gasteiger partial charge in [0, 0.05) is 5.69 Å². The average Bonchev–Trinajstić information content (AvgIpc) is 2.78. The number of carboxylic acids is 1. The normalized spacial score (nSPS) is 12.0. The van der Waals surface area contributed by atoms with Crippen LogP contribution < -0.4 is 10.8 Å². The predicted octanol–water partition coefficient (Wildman–Crippen LogP) is -0.883. The van der Waals surface area contributed by atoms with Crippen LogP contribution in [0.15, 0.2) is 60.7 Å². The highest BCUT2D eigenvalue weighted by Gasteiger charge is 2.64. The van der Waals surface area contributed by atoms with E-state index in [1.165, 1.54) is 45.0 Å². The Labute approximate surface area is 197 Å². The van der Waals surface area contributed by atoms with Gasteiger partial charge in [0.05, 0.1) is 24.6 Å². The maximum atomic E-state index is 12.5. The molecule has 0 amide bonds. The van der Waals surface area contributed by atoms with Gasteiger partial charge in [-0.05, 0) is 55.2 Å². The molecule has 0 aliphatic carbocycles. The molecule has 0 bridgehead atoms. The summed E-state index contributed by atoms with van der Waals surface area (Å²) in [6.45, 7) is 11.2. The van der Waals surface area contributed by atoms with Crippen molar-refractivity contribution in [3.63, 3.8) is 0 Å². The summed E-state index contributed by atoms with van der Waals surface area (Å²) in [5.41, 5.74) is -0.413. The largest absolute Gasteiger partial charge is 0.545 e. The second kappa shape index (κ2) is 12.1. The van der Waals surface area contributed by atoms with Crippen molar-refractivity contribution in [3.8, 4) is 0 Å². The fourth-order valence-corrected chi connectivity index (χ4v) is 2.93. The standard InChI is InChI=1S/C17H24O7.C7H7NO2/c1-9(2)12(20)15(23)16(7-18,8-19)17(24,13(21)10(3)4)14(22)11(5)6;8-6-3-1-5(2-4-6)7(9)10/h15,18-19,23-24H,1,3,5,7-8H2,2,4,6H3;1-4H,8H2,(H,9,10)/p-1. The van der Waals surface area contributed by atoms with Gasteiger partial charge in [-0.15, -0.1) is 0 Å². The fraction of sp³-hybridized carbons (Fsp3) is 0.333. The maximum absolute atomic E-state index is 12.5. The molecule has 1 atom stereocenters. The lowest BCUT2D eigenvalue weighted by Crippen LogP contribution is -2.69. The third-order valence-corrected chi connectivity index (χ3v) is 5.06. The van der Waals surface area contributed by atoms with E-state index >= 15 is 0 Å². The van der Waals surface area contributed by atoms with E-state index in [9.17, 15) is 44.7 Å². The number of carboxylic acid groups (broad SMARTS) is 1. The number of anilines is 1. The molecule has 10 nitrogen and oxygen atoms in total. The van der Waals surface area contributed by atoms with Crippen LogP contribution in [0.4, 0.5) is 5.69 Å². The third-order valence-electron chi connectivity index (χ3n) is 5.06. The van der Waals surface area contributed by atoms with E-state index in [0.29, 0.717) is 5.69 Å². The lowest BCUT2D eigenvalue weighted by atomic mass is 9.61. The van der Waals surface area contributed by atoms with Crippen LogP contribution in [0.1, 0.15) is 31.1 Å². The summed E-state index contributed by atoms with van der Waals surface area (Å²) in [4.78, 5) is 47.2. The van der Waals surface area contributed by atoms with E-state index < -0.39 is 53.7 Å². The number of ketones is 3. The lowest BCUT2D eigenvalue weighted by Gasteiger charge is -2.45. The number of rotatable bonds is 11. The van der Waals surface area contributed by atoms with Crippen molar-refractivity contribution in [1.29, 1.82) is 0 Å². The molecule has 0 saturated carbocycles. The zero-order valence-corrected chi connectivity index (χ0v) is 19.3. The van der Waals surface area contributed by atoms with Crippen molar-refractivity contribution in [3.05, 3.63) is 66.3 Å². The monoisotopic (exact) mass is 476 g/mol. The average molecular weight is 477 g/mol. The number of Topliss-reactive ketones (excluding diaryl/α,β-unsaturated/α-hetero) is 3. The van der Waals surface area contributed by atoms with Crippen molar-refractivity contribution in [1.82, 2.24) is 0 Å². The molecule has 6 N–H and O–H groups in total. The van der Waals surface area contributed by atoms with Gasteiger partial charge < -0.3 is 36.1 Å². The van der Waals surface area contributed by atoms with Gasteiger partial charge in [-0.2, -0.15) is 0 Å². The summed E-state index contributed by atoms with van der Waals surface area (Å²) in [5, 5.41) is 50.9. The molecule has 186 valence electrons. The van der Waals surface area contributed by atoms with Gasteiger partial charge in [-0.25, -0.2) is 0 Å². The molecule has 10 heteroatoms. The van der Waals surface area contributed by atoms with Gasteiger partial charge in [0.25, 0.3) is 0 Å². The third kappa shape index (κ3) is 6.12. The minimum atomic E-state index is -3.13. The van der Waals surface area contributed by atoms with Crippen LogP contribution in [0.2, 0.25) is 0 Å². The lowest BCUT2D eigenvalue weighted by molar-refractivity contribution is -0.255. The van der Waals surface area contributed by atoms with Gasteiger partial charge in [0.1, 0.15) is 6.10 Å². The highest BCUT2D eigenvalue weighted by atomic mass is 16.4. The van der Waals surface area contributed by atoms with E-state index in [1.807, 2.05) is 0 Å². The second-order valence-corrected chi connectivity index (χ2v) is 7.86. The van der Waals surface area contributed by atoms with Crippen LogP contribution >= 0.6 is 0 Å². The van der Waals surface area contributed by atoms with Crippen LogP contribution in [0.5, 0.6) is 0 Å². The first-order valence-corrected chi connectivity index (χ1v) is 9.84. The number of hydrogen-bond donors (Lipinski definition) is 5. The van der Waals surface area contributed by atoms with Crippen LogP contribution in [0.3, 0.4) is 0 Å². The first kappa shape index (κ1) is 30.6. The molecule has 0 aliphatic rings. The van der Waals surface area contributed by atoms with Gasteiger partial charge in [0.15, 0.2) is 17.3 Å². The fourth-order valence-electron chi connectivity index (χ4n) is 2.93. The summed E-state index contributed by atoms with van der Waals surface area (Å²) >= 11 is 0. The summed E-state index contributed by atoms with van der Waals surface area (Å²) in [7, 11) is 0. The summed E-state index contributed by atoms with van der Waals surface area (Å²) in [6.07, 6.45) is -2.26. The predicted molar refractivity (Wildman–Crippen MR) is 122 cm³/mol. The maximum Gasteiger partial charge on any atom is 0.202 e. The van der Waals surface area contributed by atoms with Crippen LogP contribution in [-0.2, 0) is 14.4 Å². The molecule has 1 unspecified atom stereocenters. The molecule has 0 aliphatic heterocycles. The van der Waals surface area contributed by atoms with E-state index in [2.05, 4.69) is 19.7 Å². The number of nitrogen functional groups attached to an aromatic ring is 1. The molecular weight excluding hydrogens is 446 g/mol. The Morgan fingerprint density at radius 3 is 1.56 bits per heavy atom. The minimum Gasteiger partial charge on any atom is -0.545 e. The number of aliphatic hydroxyl groups is 4. The van der Waals surface area contributed by atoms with Crippen molar-refractivity contribution in [2.75, 3.05) is 18.9 Å². The highest BCUT2D eigenvalue weighted by Crippen LogP contribution is 2.40. The molecule has 1 rings (SSSR count). The Morgan fingerprint density at radius 2 is 1.29 bits per heavy atom. The van der Waals surface area contributed by atoms with Crippen LogP contribution in [0, 0.1) is 5.41 Å². The summed E-state index contributed by atoms with van der Waals surface area (Å²) < 4.78 is 0. The number of carbonyl (C=O) groups is 4. The Kier molecular flexibility index (Phi) is 10.9. The Hall–Kier alpha value is -3.44. The van der Waals surface area contributed by atoms with Crippen LogP contribution in [0.25, 0.3) is 0 Å². The number of aliphatic hydroxyl groups excluding tert-OH is 3. The number of carbonyl (C=O) groups excluding carboxylic acids is 4. The Morgan fingerprint density at radius 1 is 0.912 bits per heavy atom. The molecule has 1 aromatic rings. The van der Waals surface area contributed by atoms with Crippen molar-refractivity contribution >= 4 is 29.0 Å². The zero-order chi connectivity index (χ0) is 27.0. The van der Waals surface area contributed by atoms with Crippen molar-refractivity contribution in [2.24, 2.45) is 5.41 Å². The first-order chi connectivity index (χ1) is 15.5. The van der Waals surface area contributed by atoms with Gasteiger partial charge in [-0.3, -0.25) is 14.4 Å². The SMILES string of the molecule is C=C(C)C(=O)C(O)C(CO)(CO)C(O)(C(=O)C(=C)C)C(=O)C(=C)C.Nc1ccc(C(=O)[O-])cc1. The highest BCUT2D eigenvalue weighted by molar-refractivity contribution is 6.22. The second-order valence-electron chi connectivity index (χ2n) is 7.86. The minimum absolute atomic E-state index is 0.147. The molecule has 0 spiro atoms. The van der Waals surface area contributed by atoms with Gasteiger partial charge in [0.2, 0.25) is 5.60 Å². The number of nitrogens with two attached hydrogens (primary N) is 1. The molecular formula is C24H30NO9-. The molecule has 1 aromatic carbocycles. The number of aromatic carboxylic acids is 1.